The van der Waals surface area contributed by atoms with Crippen LogP contribution in [0.4, 0.5) is 0 Å². The van der Waals surface area contributed by atoms with Gasteiger partial charge in [0, 0.05) is 30.2 Å². The molecule has 1 unspecified atom stereocenters. The molecule has 12 heteroatoms. The number of fused-ring (bicyclic) bond motifs is 4. The van der Waals surface area contributed by atoms with Crippen LogP contribution in [-0.2, 0) is 14.3 Å². The van der Waals surface area contributed by atoms with Crippen molar-refractivity contribution in [2.24, 2.45) is 17.4 Å². The smallest absolute Gasteiger partial charge is 0.341 e. The number of phenolic OH excluding ortho intramolecular Hbond substituents is 1. The van der Waals surface area contributed by atoms with E-state index >= 15 is 0 Å². The van der Waals surface area contributed by atoms with Crippen molar-refractivity contribution in [2.45, 2.75) is 88.2 Å². The third-order valence-electron chi connectivity index (χ3n) is 10.4. The van der Waals surface area contributed by atoms with Crippen LogP contribution in [0.1, 0.15) is 63.2 Å². The molecule has 1 aromatic carbocycles. The Labute approximate surface area is 279 Å². The molecule has 2 fully saturated rings. The minimum Gasteiger partial charge on any atom is -0.507 e. The molecule has 5 aliphatic heterocycles. The van der Waals surface area contributed by atoms with E-state index in [1.165, 1.54) is 6.07 Å². The van der Waals surface area contributed by atoms with Gasteiger partial charge in [0.1, 0.15) is 39.9 Å². The molecule has 0 bridgehead atoms. The van der Waals surface area contributed by atoms with Crippen LogP contribution < -0.4 is 37.6 Å². The van der Waals surface area contributed by atoms with Crippen LogP contribution in [0, 0.1) is 12.8 Å². The predicted molar refractivity (Wildman–Crippen MR) is 180 cm³/mol. The Kier molecular flexibility index (Phi) is 7.98. The van der Waals surface area contributed by atoms with E-state index in [0.29, 0.717) is 73.9 Å². The third-order valence-corrected chi connectivity index (χ3v) is 10.4. The largest absolute Gasteiger partial charge is 0.507 e. The van der Waals surface area contributed by atoms with Gasteiger partial charge in [0.15, 0.2) is 11.0 Å². The van der Waals surface area contributed by atoms with Gasteiger partial charge in [-0.15, -0.1) is 0 Å². The van der Waals surface area contributed by atoms with E-state index in [-0.39, 0.29) is 40.2 Å². The highest BCUT2D eigenvalue weighted by atomic mass is 16.7. The van der Waals surface area contributed by atoms with Crippen LogP contribution in [0.2, 0.25) is 0 Å². The van der Waals surface area contributed by atoms with Crippen LogP contribution in [0.3, 0.4) is 0 Å². The van der Waals surface area contributed by atoms with Crippen molar-refractivity contribution in [3.8, 4) is 11.5 Å². The second-order valence-corrected chi connectivity index (χ2v) is 14.3. The van der Waals surface area contributed by atoms with Crippen molar-refractivity contribution in [3.63, 3.8) is 0 Å². The van der Waals surface area contributed by atoms with Crippen molar-refractivity contribution in [2.75, 3.05) is 20.1 Å². The summed E-state index contributed by atoms with van der Waals surface area (Å²) in [5.74, 6) is 1.13. The zero-order chi connectivity index (χ0) is 34.0. The molecule has 0 aliphatic carbocycles. The van der Waals surface area contributed by atoms with Gasteiger partial charge in [-0.25, -0.2) is 4.79 Å². The fourth-order valence-corrected chi connectivity index (χ4v) is 8.05. The maximum Gasteiger partial charge on any atom is 0.341 e. The highest BCUT2D eigenvalue weighted by Crippen LogP contribution is 2.54. The van der Waals surface area contributed by atoms with Crippen LogP contribution >= 0.6 is 0 Å². The Hall–Kier alpha value is -4.42. The first-order valence-electron chi connectivity index (χ1n) is 16.8. The molecule has 0 amide bonds. The number of carbonyl (C=O) groups is 1. The molecule has 256 valence electrons. The van der Waals surface area contributed by atoms with Gasteiger partial charge in [-0.05, 0) is 95.7 Å². The summed E-state index contributed by atoms with van der Waals surface area (Å²) in [7, 11) is 1.90. The standard InChI is InChI=1S/C36H45N5O7/c1-18-11-24(42)31-25(45-18)16-26-30(32(31)43)22-12-20(17-39-4)7-9-36(34(44)46-33(22)35(2,3)47-26)27(48-36)6-5-19-13-23(41-29(38)14-19)21-8-10-40-28(37)15-21/h8,11,13-16,20,22-23,27,33,39-41,43H,5-7,9-10,12,17,37-38H2,1-4H3/t20-,22-,23?,27-,33-,36+/m1/s1. The number of esters is 1. The molecule has 0 radical (unpaired) electrons. The highest BCUT2D eigenvalue weighted by Gasteiger charge is 2.65. The Morgan fingerprint density at radius 2 is 1.96 bits per heavy atom. The fraction of sp³-hybridized carbons (Fsp3) is 0.500. The van der Waals surface area contributed by atoms with Gasteiger partial charge in [0.05, 0.1) is 23.8 Å². The Morgan fingerprint density at radius 1 is 1.15 bits per heavy atom. The monoisotopic (exact) mass is 659 g/mol. The molecule has 0 saturated carbocycles. The number of hydrogen-bond acceptors (Lipinski definition) is 12. The Balaban J connectivity index is 1.16. The van der Waals surface area contributed by atoms with E-state index < -0.39 is 29.2 Å². The lowest BCUT2D eigenvalue weighted by Crippen LogP contribution is -2.52. The number of rotatable bonds is 6. The highest BCUT2D eigenvalue weighted by molar-refractivity contribution is 5.88. The van der Waals surface area contributed by atoms with E-state index in [4.69, 9.17) is 30.1 Å². The summed E-state index contributed by atoms with van der Waals surface area (Å²) >= 11 is 0. The predicted octanol–water partition coefficient (Wildman–Crippen LogP) is 2.94. The van der Waals surface area contributed by atoms with Crippen molar-refractivity contribution in [1.82, 2.24) is 16.0 Å². The van der Waals surface area contributed by atoms with Crippen molar-refractivity contribution in [1.29, 1.82) is 0 Å². The van der Waals surface area contributed by atoms with Gasteiger partial charge >= 0.3 is 5.97 Å². The molecule has 6 atom stereocenters. The Bertz CT molecular complexity index is 1840. The van der Waals surface area contributed by atoms with Gasteiger partial charge in [-0.1, -0.05) is 12.2 Å². The van der Waals surface area contributed by atoms with Crippen LogP contribution in [0.25, 0.3) is 11.0 Å². The number of hydrogen-bond donors (Lipinski definition) is 6. The number of nitrogens with two attached hydrogens (primary N) is 2. The lowest BCUT2D eigenvalue weighted by atomic mass is 9.75. The summed E-state index contributed by atoms with van der Waals surface area (Å²) < 4.78 is 25.0. The minimum absolute atomic E-state index is 0.0971. The van der Waals surface area contributed by atoms with E-state index in [1.54, 1.807) is 13.0 Å². The zero-order valence-electron chi connectivity index (χ0n) is 27.9. The second-order valence-electron chi connectivity index (χ2n) is 14.3. The molecular weight excluding hydrogens is 614 g/mol. The number of aryl methyl sites for hydroxylation is 1. The molecule has 7 rings (SSSR count). The number of benzene rings is 1. The van der Waals surface area contributed by atoms with Crippen molar-refractivity contribution in [3.05, 3.63) is 80.8 Å². The average molecular weight is 660 g/mol. The maximum absolute atomic E-state index is 14.2. The summed E-state index contributed by atoms with van der Waals surface area (Å²) in [5, 5.41) is 21.4. The lowest BCUT2D eigenvalue weighted by Gasteiger charge is -2.45. The molecule has 12 nitrogen and oxygen atoms in total. The lowest BCUT2D eigenvalue weighted by molar-refractivity contribution is -0.170. The van der Waals surface area contributed by atoms with E-state index in [1.807, 2.05) is 33.0 Å². The first-order valence-corrected chi connectivity index (χ1v) is 16.8. The minimum atomic E-state index is -1.07. The quantitative estimate of drug-likeness (QED) is 0.197. The second kappa shape index (κ2) is 11.9. The van der Waals surface area contributed by atoms with Gasteiger partial charge < -0.3 is 51.2 Å². The Morgan fingerprint density at radius 3 is 2.73 bits per heavy atom. The summed E-state index contributed by atoms with van der Waals surface area (Å²) in [5.41, 5.74) is 12.7. The van der Waals surface area contributed by atoms with Gasteiger partial charge in [-0.2, -0.15) is 0 Å². The summed E-state index contributed by atoms with van der Waals surface area (Å²) in [4.78, 5) is 27.2. The SMILES string of the molecule is CNC[C@@H]1CC[C@@]2(O[C@@H]2CCC2=CC(C3=CCNC(N)=C3)NC(N)=C2)C(=O)O[C@@H]2[C@H](C1)c1c(cc3oc(C)cc(=O)c3c1O)OC2(C)C. The van der Waals surface area contributed by atoms with E-state index in [9.17, 15) is 14.7 Å². The van der Waals surface area contributed by atoms with Crippen molar-refractivity contribution >= 4 is 16.9 Å². The number of phenols is 1. The van der Waals surface area contributed by atoms with Crippen LogP contribution in [0.15, 0.2) is 68.4 Å². The van der Waals surface area contributed by atoms with Gasteiger partial charge in [-0.3, -0.25) is 4.79 Å². The topological polar surface area (TPSA) is 187 Å². The number of aromatic hydroxyl groups is 1. The average Bonchev–Trinajstić information content (AvgIpc) is 3.72. The van der Waals surface area contributed by atoms with Crippen molar-refractivity contribution < 1.29 is 28.5 Å². The number of carbonyl (C=O) groups excluding carboxylic acids is 1. The maximum atomic E-state index is 14.2. The normalized spacial score (nSPS) is 30.8. The number of epoxide rings is 1. The molecule has 1 spiro atoms. The summed E-state index contributed by atoms with van der Waals surface area (Å²) in [6.07, 6.45) is 10.1. The molecule has 5 aliphatic rings. The molecule has 2 aromatic rings. The molecule has 6 heterocycles. The first-order chi connectivity index (χ1) is 22.9. The van der Waals surface area contributed by atoms with Gasteiger partial charge in [0.2, 0.25) is 0 Å². The molecule has 2 saturated heterocycles. The number of ether oxygens (including phenoxy) is 3. The van der Waals surface area contributed by atoms with Crippen LogP contribution in [0.5, 0.6) is 11.5 Å². The molecular formula is C36H45N5O7. The number of nitrogens with one attached hydrogen (secondary N) is 3. The molecule has 48 heavy (non-hydrogen) atoms. The molecule has 1 aromatic heterocycles. The molecule has 8 N–H and O–H groups in total. The summed E-state index contributed by atoms with van der Waals surface area (Å²) in [6, 6.07) is 2.94. The van der Waals surface area contributed by atoms with Crippen LogP contribution in [-0.4, -0.2) is 60.7 Å². The number of dihydropyridines is 2. The van der Waals surface area contributed by atoms with Gasteiger partial charge in [0.25, 0.3) is 0 Å². The first kappa shape index (κ1) is 32.1. The zero-order valence-corrected chi connectivity index (χ0v) is 27.9. The van der Waals surface area contributed by atoms with E-state index in [0.717, 1.165) is 11.1 Å². The summed E-state index contributed by atoms with van der Waals surface area (Å²) in [6.45, 7) is 6.80. The number of allylic oxidation sites excluding steroid dienone is 2. The third kappa shape index (κ3) is 5.70. The van der Waals surface area contributed by atoms with E-state index in [2.05, 4.69) is 28.1 Å². The fourth-order valence-electron chi connectivity index (χ4n) is 8.05.